The minimum Gasteiger partial charge on any atom is -0.387 e. The number of thiazole rings is 1. The van der Waals surface area contributed by atoms with Crippen molar-refractivity contribution in [1.29, 1.82) is 0 Å². The molecule has 13 heavy (non-hydrogen) atoms. The lowest BCUT2D eigenvalue weighted by Gasteiger charge is -2.01. The van der Waals surface area contributed by atoms with Gasteiger partial charge in [-0.1, -0.05) is 11.3 Å². The van der Waals surface area contributed by atoms with Gasteiger partial charge in [0.1, 0.15) is 10.3 Å². The molecule has 0 aliphatic heterocycles. The SMILES string of the molecule is Cc1nc2ccc(C(C)O)nc2s1. The minimum atomic E-state index is -0.508. The third kappa shape index (κ3) is 1.55. The maximum atomic E-state index is 9.31. The first-order valence-electron chi connectivity index (χ1n) is 4.09. The number of nitrogens with zero attached hydrogens (tertiary/aromatic N) is 2. The summed E-state index contributed by atoms with van der Waals surface area (Å²) in [5.41, 5.74) is 1.61. The van der Waals surface area contributed by atoms with Crippen molar-refractivity contribution in [2.24, 2.45) is 0 Å². The molecule has 0 aliphatic rings. The molecule has 3 nitrogen and oxygen atoms in total. The Morgan fingerprint density at radius 3 is 2.85 bits per heavy atom. The number of pyridine rings is 1. The van der Waals surface area contributed by atoms with Gasteiger partial charge in [-0.25, -0.2) is 9.97 Å². The first-order chi connectivity index (χ1) is 6.16. The third-order valence-corrected chi connectivity index (χ3v) is 2.69. The van der Waals surface area contributed by atoms with E-state index in [2.05, 4.69) is 9.97 Å². The molecule has 0 amide bonds. The summed E-state index contributed by atoms with van der Waals surface area (Å²) in [6.45, 7) is 3.66. The van der Waals surface area contributed by atoms with Crippen LogP contribution >= 0.6 is 11.3 Å². The molecule has 0 saturated heterocycles. The predicted molar refractivity (Wildman–Crippen MR) is 52.8 cm³/mol. The van der Waals surface area contributed by atoms with E-state index in [9.17, 15) is 5.11 Å². The van der Waals surface area contributed by atoms with Gasteiger partial charge in [0.15, 0.2) is 0 Å². The van der Waals surface area contributed by atoms with Crippen molar-refractivity contribution < 1.29 is 5.11 Å². The molecule has 2 heterocycles. The van der Waals surface area contributed by atoms with Crippen molar-refractivity contribution in [1.82, 2.24) is 9.97 Å². The van der Waals surface area contributed by atoms with Crippen LogP contribution in [0.1, 0.15) is 23.7 Å². The van der Waals surface area contributed by atoms with Crippen molar-refractivity contribution in [3.8, 4) is 0 Å². The summed E-state index contributed by atoms with van der Waals surface area (Å²) in [5, 5.41) is 10.3. The fourth-order valence-corrected chi connectivity index (χ4v) is 1.97. The van der Waals surface area contributed by atoms with E-state index in [4.69, 9.17) is 0 Å². The van der Waals surface area contributed by atoms with E-state index in [1.54, 1.807) is 18.3 Å². The Hall–Kier alpha value is -1.00. The third-order valence-electron chi connectivity index (χ3n) is 1.81. The standard InChI is InChI=1S/C9H10N2OS/c1-5(12)7-3-4-8-9(11-7)13-6(2)10-8/h3-5,12H,1-2H3. The van der Waals surface area contributed by atoms with E-state index >= 15 is 0 Å². The van der Waals surface area contributed by atoms with E-state index < -0.39 is 6.10 Å². The minimum absolute atomic E-state index is 0.508. The summed E-state index contributed by atoms with van der Waals surface area (Å²) in [7, 11) is 0. The van der Waals surface area contributed by atoms with E-state index in [-0.39, 0.29) is 0 Å². The molecule has 1 unspecified atom stereocenters. The normalized spacial score (nSPS) is 13.5. The molecule has 0 spiro atoms. The molecule has 0 bridgehead atoms. The molecule has 4 heteroatoms. The molecule has 0 aromatic carbocycles. The van der Waals surface area contributed by atoms with Crippen LogP contribution in [0.15, 0.2) is 12.1 Å². The van der Waals surface area contributed by atoms with E-state index in [1.165, 1.54) is 0 Å². The number of rotatable bonds is 1. The Balaban J connectivity index is 2.61. The largest absolute Gasteiger partial charge is 0.387 e. The van der Waals surface area contributed by atoms with Crippen molar-refractivity contribution in [2.45, 2.75) is 20.0 Å². The van der Waals surface area contributed by atoms with Crippen LogP contribution in [-0.4, -0.2) is 15.1 Å². The van der Waals surface area contributed by atoms with Crippen molar-refractivity contribution in [2.75, 3.05) is 0 Å². The highest BCUT2D eigenvalue weighted by Crippen LogP contribution is 2.21. The van der Waals surface area contributed by atoms with E-state index in [0.717, 1.165) is 15.4 Å². The van der Waals surface area contributed by atoms with Crippen molar-refractivity contribution in [3.05, 3.63) is 22.8 Å². The van der Waals surface area contributed by atoms with Crippen LogP contribution in [0.2, 0.25) is 0 Å². The fourth-order valence-electron chi connectivity index (χ4n) is 1.17. The Morgan fingerprint density at radius 2 is 2.15 bits per heavy atom. The van der Waals surface area contributed by atoms with Gasteiger partial charge in [0.05, 0.1) is 16.8 Å². The number of aliphatic hydroxyl groups is 1. The van der Waals surface area contributed by atoms with Crippen LogP contribution in [-0.2, 0) is 0 Å². The van der Waals surface area contributed by atoms with Crippen LogP contribution < -0.4 is 0 Å². The number of fused-ring (bicyclic) bond motifs is 1. The highest BCUT2D eigenvalue weighted by atomic mass is 32.1. The molecule has 0 aliphatic carbocycles. The lowest BCUT2D eigenvalue weighted by Crippen LogP contribution is -1.93. The Labute approximate surface area is 80.1 Å². The number of aliphatic hydroxyl groups excluding tert-OH is 1. The summed E-state index contributed by atoms with van der Waals surface area (Å²) < 4.78 is 0. The van der Waals surface area contributed by atoms with Crippen LogP contribution in [0, 0.1) is 6.92 Å². The molecule has 68 valence electrons. The van der Waals surface area contributed by atoms with Crippen LogP contribution in [0.25, 0.3) is 10.3 Å². The highest BCUT2D eigenvalue weighted by Gasteiger charge is 2.06. The van der Waals surface area contributed by atoms with Gasteiger partial charge < -0.3 is 5.11 Å². The van der Waals surface area contributed by atoms with Gasteiger partial charge in [-0.3, -0.25) is 0 Å². The monoisotopic (exact) mass is 194 g/mol. The zero-order valence-electron chi connectivity index (χ0n) is 7.48. The van der Waals surface area contributed by atoms with Gasteiger partial charge in [-0.05, 0) is 26.0 Å². The molecule has 2 aromatic heterocycles. The molecule has 0 radical (unpaired) electrons. The Morgan fingerprint density at radius 1 is 1.38 bits per heavy atom. The molecular weight excluding hydrogens is 184 g/mol. The van der Waals surface area contributed by atoms with E-state index in [1.807, 2.05) is 19.1 Å². The van der Waals surface area contributed by atoms with Crippen LogP contribution in [0.3, 0.4) is 0 Å². The molecule has 2 rings (SSSR count). The first kappa shape index (κ1) is 8.59. The maximum absolute atomic E-state index is 9.31. The second kappa shape index (κ2) is 3.05. The van der Waals surface area contributed by atoms with Gasteiger partial charge >= 0.3 is 0 Å². The molecular formula is C9H10N2OS. The number of aromatic nitrogens is 2. The average molecular weight is 194 g/mol. The average Bonchev–Trinajstić information content (AvgIpc) is 2.42. The summed E-state index contributed by atoms with van der Waals surface area (Å²) in [4.78, 5) is 9.49. The first-order valence-corrected chi connectivity index (χ1v) is 4.90. The van der Waals surface area contributed by atoms with Crippen LogP contribution in [0.5, 0.6) is 0 Å². The maximum Gasteiger partial charge on any atom is 0.143 e. The summed E-state index contributed by atoms with van der Waals surface area (Å²) in [6, 6.07) is 3.71. The molecule has 0 saturated carbocycles. The van der Waals surface area contributed by atoms with Gasteiger partial charge in [0, 0.05) is 0 Å². The molecule has 2 aromatic rings. The lowest BCUT2D eigenvalue weighted by atomic mass is 10.2. The number of hydrogen-bond acceptors (Lipinski definition) is 4. The quantitative estimate of drug-likeness (QED) is 0.755. The smallest absolute Gasteiger partial charge is 0.143 e. The van der Waals surface area contributed by atoms with Gasteiger partial charge in [-0.2, -0.15) is 0 Å². The molecule has 1 atom stereocenters. The Bertz CT molecular complexity index is 436. The zero-order chi connectivity index (χ0) is 9.42. The van der Waals surface area contributed by atoms with Gasteiger partial charge in [-0.15, -0.1) is 0 Å². The second-order valence-electron chi connectivity index (χ2n) is 2.97. The topological polar surface area (TPSA) is 46.0 Å². The zero-order valence-corrected chi connectivity index (χ0v) is 8.30. The summed E-state index contributed by atoms with van der Waals surface area (Å²) >= 11 is 1.55. The van der Waals surface area contributed by atoms with Crippen molar-refractivity contribution in [3.63, 3.8) is 0 Å². The van der Waals surface area contributed by atoms with Gasteiger partial charge in [0.2, 0.25) is 0 Å². The Kier molecular flexibility index (Phi) is 2.01. The predicted octanol–water partition coefficient (Wildman–Crippen LogP) is 2.05. The van der Waals surface area contributed by atoms with E-state index in [0.29, 0.717) is 5.69 Å². The molecule has 0 fully saturated rings. The van der Waals surface area contributed by atoms with Crippen molar-refractivity contribution >= 4 is 21.7 Å². The lowest BCUT2D eigenvalue weighted by molar-refractivity contribution is 0.195. The second-order valence-corrected chi connectivity index (χ2v) is 4.15. The summed E-state index contributed by atoms with van der Waals surface area (Å²) in [5.74, 6) is 0. The van der Waals surface area contributed by atoms with Gasteiger partial charge in [0.25, 0.3) is 0 Å². The highest BCUT2D eigenvalue weighted by molar-refractivity contribution is 7.18. The fraction of sp³-hybridized carbons (Fsp3) is 0.333. The number of aryl methyl sites for hydroxylation is 1. The summed E-state index contributed by atoms with van der Waals surface area (Å²) in [6.07, 6.45) is -0.508. The van der Waals surface area contributed by atoms with Crippen LogP contribution in [0.4, 0.5) is 0 Å². The number of hydrogen-bond donors (Lipinski definition) is 1. The molecule has 1 N–H and O–H groups in total.